The maximum absolute atomic E-state index is 3.49. The summed E-state index contributed by atoms with van der Waals surface area (Å²) >= 11 is 6.99. The van der Waals surface area contributed by atoms with Crippen LogP contribution in [0.2, 0.25) is 0 Å². The molecule has 0 radical (unpaired) electrons. The van der Waals surface area contributed by atoms with E-state index < -0.39 is 0 Å². The fraction of sp³-hybridized carbons (Fsp3) is 0.143. The van der Waals surface area contributed by atoms with Gasteiger partial charge in [-0.05, 0) is 35.4 Å². The average molecular weight is 404 g/mol. The normalized spacial score (nSPS) is 10.6. The Morgan fingerprint density at radius 1 is 0.722 bits per heavy atom. The predicted molar refractivity (Wildman–Crippen MR) is 90.9 cm³/mol. The molecule has 2 aromatic rings. The molecule has 4 heteroatoms. The Hall–Kier alpha value is 0.1000. The quantitative estimate of drug-likeness (QED) is 0.424. The Kier molecular flexibility index (Phi) is 6.15. The molecule has 2 aromatic carbocycles. The van der Waals surface area contributed by atoms with Crippen LogP contribution >= 0.6 is 53.4 Å². The number of halogens is 2. The number of hydrogen-bond acceptors (Lipinski definition) is 2. The van der Waals surface area contributed by atoms with Gasteiger partial charge in [0.05, 0.1) is 0 Å². The summed E-state index contributed by atoms with van der Waals surface area (Å²) in [6.45, 7) is 0. The fourth-order valence-corrected chi connectivity index (χ4v) is 4.48. The topological polar surface area (TPSA) is 0 Å². The third-order valence-corrected chi connectivity index (χ3v) is 5.58. The van der Waals surface area contributed by atoms with Crippen LogP contribution in [-0.2, 0) is 11.5 Å². The van der Waals surface area contributed by atoms with E-state index in [1.54, 1.807) is 0 Å². The van der Waals surface area contributed by atoms with Gasteiger partial charge < -0.3 is 0 Å². The van der Waals surface area contributed by atoms with Gasteiger partial charge in [0.15, 0.2) is 0 Å². The van der Waals surface area contributed by atoms with Crippen LogP contribution in [0.15, 0.2) is 57.5 Å². The lowest BCUT2D eigenvalue weighted by Gasteiger charge is -2.03. The van der Waals surface area contributed by atoms with Crippen LogP contribution in [0.5, 0.6) is 0 Å². The molecule has 0 bridgehead atoms. The summed E-state index contributed by atoms with van der Waals surface area (Å²) in [7, 11) is 3.79. The van der Waals surface area contributed by atoms with Gasteiger partial charge in [0.25, 0.3) is 0 Å². The lowest BCUT2D eigenvalue weighted by Crippen LogP contribution is -1.80. The molecule has 0 nitrogen and oxygen atoms in total. The predicted octanol–water partition coefficient (Wildman–Crippen LogP) is 6.29. The molecule has 0 aliphatic carbocycles. The van der Waals surface area contributed by atoms with Gasteiger partial charge in [-0.25, -0.2) is 0 Å². The highest BCUT2D eigenvalue weighted by Gasteiger charge is 1.98. The Balaban J connectivity index is 1.76. The molecule has 94 valence electrons. The zero-order chi connectivity index (χ0) is 12.8. The minimum atomic E-state index is 1.04. The van der Waals surface area contributed by atoms with Gasteiger partial charge in [0, 0.05) is 20.5 Å². The lowest BCUT2D eigenvalue weighted by atomic mass is 10.2. The number of hydrogen-bond donors (Lipinski definition) is 0. The summed E-state index contributed by atoms with van der Waals surface area (Å²) in [5.74, 6) is 2.08. The van der Waals surface area contributed by atoms with Crippen molar-refractivity contribution in [3.05, 3.63) is 68.6 Å². The van der Waals surface area contributed by atoms with E-state index >= 15 is 0 Å². The van der Waals surface area contributed by atoms with Crippen molar-refractivity contribution in [1.29, 1.82) is 0 Å². The second kappa shape index (κ2) is 7.63. The van der Waals surface area contributed by atoms with Gasteiger partial charge in [-0.2, -0.15) is 0 Å². The molecule has 0 amide bonds. The van der Waals surface area contributed by atoms with E-state index in [0.29, 0.717) is 0 Å². The molecule has 0 saturated carbocycles. The minimum absolute atomic E-state index is 1.04. The van der Waals surface area contributed by atoms with Gasteiger partial charge in [0.1, 0.15) is 0 Å². The van der Waals surface area contributed by atoms with Crippen molar-refractivity contribution >= 4 is 53.4 Å². The second-order valence-electron chi connectivity index (χ2n) is 3.78. The summed E-state index contributed by atoms with van der Waals surface area (Å²) in [4.78, 5) is 0. The molecule has 0 heterocycles. The van der Waals surface area contributed by atoms with E-state index in [1.165, 1.54) is 11.1 Å². The van der Waals surface area contributed by atoms with Crippen molar-refractivity contribution in [3.63, 3.8) is 0 Å². The van der Waals surface area contributed by atoms with Gasteiger partial charge in [-0.1, -0.05) is 77.7 Å². The molecular weight excluding hydrogens is 392 g/mol. The van der Waals surface area contributed by atoms with Crippen LogP contribution in [0.3, 0.4) is 0 Å². The van der Waals surface area contributed by atoms with Crippen LogP contribution in [0.1, 0.15) is 11.1 Å². The highest BCUT2D eigenvalue weighted by Crippen LogP contribution is 2.30. The lowest BCUT2D eigenvalue weighted by molar-refractivity contribution is 1.40. The Morgan fingerprint density at radius 3 is 1.56 bits per heavy atom. The highest BCUT2D eigenvalue weighted by molar-refractivity contribution is 9.10. The van der Waals surface area contributed by atoms with Crippen molar-refractivity contribution in [3.8, 4) is 0 Å². The van der Waals surface area contributed by atoms with E-state index in [1.807, 2.05) is 21.6 Å². The van der Waals surface area contributed by atoms with Crippen molar-refractivity contribution in [2.75, 3.05) is 0 Å². The average Bonchev–Trinajstić information content (AvgIpc) is 2.35. The summed E-state index contributed by atoms with van der Waals surface area (Å²) in [6.07, 6.45) is 0. The standard InChI is InChI=1S/C14H12Br2S2/c15-13-5-1-3-11(7-13)9-17-18-10-12-4-2-6-14(16)8-12/h1-8H,9-10H2. The van der Waals surface area contributed by atoms with E-state index in [4.69, 9.17) is 0 Å². The van der Waals surface area contributed by atoms with Crippen molar-refractivity contribution in [1.82, 2.24) is 0 Å². The molecule has 2 rings (SSSR count). The van der Waals surface area contributed by atoms with Gasteiger partial charge in [-0.15, -0.1) is 0 Å². The summed E-state index contributed by atoms with van der Waals surface area (Å²) < 4.78 is 2.30. The maximum Gasteiger partial charge on any atom is 0.0289 e. The van der Waals surface area contributed by atoms with Gasteiger partial charge >= 0.3 is 0 Å². The van der Waals surface area contributed by atoms with Gasteiger partial charge in [0.2, 0.25) is 0 Å². The van der Waals surface area contributed by atoms with Crippen LogP contribution in [0.4, 0.5) is 0 Å². The zero-order valence-corrected chi connectivity index (χ0v) is 14.4. The maximum atomic E-state index is 3.49. The minimum Gasteiger partial charge on any atom is -0.0890 e. The van der Waals surface area contributed by atoms with E-state index in [2.05, 4.69) is 80.4 Å². The first kappa shape index (κ1) is 14.5. The van der Waals surface area contributed by atoms with Crippen molar-refractivity contribution < 1.29 is 0 Å². The summed E-state index contributed by atoms with van der Waals surface area (Å²) in [5, 5.41) is 0. The Bertz CT molecular complexity index is 467. The molecular formula is C14H12Br2S2. The summed E-state index contributed by atoms with van der Waals surface area (Å²) in [5.41, 5.74) is 2.72. The molecule has 0 aromatic heterocycles. The second-order valence-corrected chi connectivity index (χ2v) is 8.08. The molecule has 0 aliphatic heterocycles. The van der Waals surface area contributed by atoms with Crippen LogP contribution in [-0.4, -0.2) is 0 Å². The fourth-order valence-electron chi connectivity index (χ4n) is 1.47. The van der Waals surface area contributed by atoms with Crippen LogP contribution in [0.25, 0.3) is 0 Å². The zero-order valence-electron chi connectivity index (χ0n) is 9.61. The number of rotatable bonds is 5. The molecule has 18 heavy (non-hydrogen) atoms. The molecule has 0 fully saturated rings. The Labute approximate surface area is 133 Å². The first-order valence-corrected chi connectivity index (χ1v) is 9.55. The first-order chi connectivity index (χ1) is 8.74. The molecule has 0 atom stereocenters. The molecule has 0 spiro atoms. The van der Waals surface area contributed by atoms with Crippen LogP contribution in [0, 0.1) is 0 Å². The third-order valence-electron chi connectivity index (χ3n) is 2.31. The Morgan fingerprint density at radius 2 is 1.17 bits per heavy atom. The molecule has 0 saturated heterocycles. The summed E-state index contributed by atoms with van der Waals surface area (Å²) in [6, 6.07) is 17.0. The van der Waals surface area contributed by atoms with Crippen LogP contribution < -0.4 is 0 Å². The van der Waals surface area contributed by atoms with Crippen molar-refractivity contribution in [2.45, 2.75) is 11.5 Å². The molecule has 0 N–H and O–H groups in total. The highest BCUT2D eigenvalue weighted by atomic mass is 79.9. The van der Waals surface area contributed by atoms with E-state index in [0.717, 1.165) is 20.5 Å². The SMILES string of the molecule is Brc1cccc(CSSCc2cccc(Br)c2)c1. The molecule has 0 unspecified atom stereocenters. The van der Waals surface area contributed by atoms with Crippen molar-refractivity contribution in [2.24, 2.45) is 0 Å². The first-order valence-electron chi connectivity index (χ1n) is 5.47. The third kappa shape index (κ3) is 5.00. The monoisotopic (exact) mass is 402 g/mol. The largest absolute Gasteiger partial charge is 0.0890 e. The van der Waals surface area contributed by atoms with Gasteiger partial charge in [-0.3, -0.25) is 0 Å². The van der Waals surface area contributed by atoms with E-state index in [9.17, 15) is 0 Å². The molecule has 0 aliphatic rings. The smallest absolute Gasteiger partial charge is 0.0289 e. The van der Waals surface area contributed by atoms with E-state index in [-0.39, 0.29) is 0 Å². The number of benzene rings is 2.